The summed E-state index contributed by atoms with van der Waals surface area (Å²) in [7, 11) is 0. The van der Waals surface area contributed by atoms with E-state index in [4.69, 9.17) is 12.2 Å². The number of amides is 4. The van der Waals surface area contributed by atoms with Crippen molar-refractivity contribution in [3.05, 3.63) is 77.9 Å². The molecule has 2 aromatic carbocycles. The van der Waals surface area contributed by atoms with Crippen molar-refractivity contribution in [3.63, 3.8) is 0 Å². The molecule has 9 N–H and O–H groups in total. The quantitative estimate of drug-likeness (QED) is 0.0340. The maximum atomic E-state index is 13.5. The van der Waals surface area contributed by atoms with Crippen molar-refractivity contribution in [3.8, 4) is 0 Å². The summed E-state index contributed by atoms with van der Waals surface area (Å²) in [6.07, 6.45) is 3.18. The van der Waals surface area contributed by atoms with E-state index in [0.717, 1.165) is 22.6 Å². The molecule has 0 spiro atoms. The molecule has 0 aromatic heterocycles. The second-order valence-electron chi connectivity index (χ2n) is 16.6. The standard InChI is InChI=1S/C45H59N9O14S/c55-36(48-35(23-30-6-2-1-3-7-30)43(66)49-34(44(67)68)8-4-5-15-54-37(56)13-14-38(54)57)24-46-45(69)47-32-11-9-31(10-12-32)22-33-25-52(28-41(62)63)19-18-50(26-39(58)59)16-17-51(27-40(60)61)20-21-53(33)29-42(64)65/h1-3,6-7,9-14,33-35H,4-5,8,15-29H2,(H,48,55)(H,49,66)(H,58,59)(H,60,61)(H,62,63)(H,64,65)(H,67,68)(H2,46,47,69). The van der Waals surface area contributed by atoms with Gasteiger partial charge in [0.25, 0.3) is 11.8 Å². The Balaban J connectivity index is 1.39. The van der Waals surface area contributed by atoms with Gasteiger partial charge in [0.2, 0.25) is 11.8 Å². The summed E-state index contributed by atoms with van der Waals surface area (Å²) < 4.78 is 0. The zero-order valence-corrected chi connectivity index (χ0v) is 38.7. The number of hydrogen-bond acceptors (Lipinski definition) is 14. The van der Waals surface area contributed by atoms with Crippen LogP contribution in [0.2, 0.25) is 0 Å². The van der Waals surface area contributed by atoms with Gasteiger partial charge in [-0.15, -0.1) is 0 Å². The first-order valence-corrected chi connectivity index (χ1v) is 22.6. The fraction of sp³-hybridized carbons (Fsp3) is 0.467. The number of carbonyl (C=O) groups excluding carboxylic acids is 4. The van der Waals surface area contributed by atoms with Crippen molar-refractivity contribution in [2.75, 3.05) is 90.4 Å². The number of nitrogens with zero attached hydrogens (tertiary/aromatic N) is 5. The van der Waals surface area contributed by atoms with Crippen molar-refractivity contribution in [2.45, 2.75) is 50.2 Å². The van der Waals surface area contributed by atoms with E-state index in [0.29, 0.717) is 17.7 Å². The molecule has 4 amide bonds. The van der Waals surface area contributed by atoms with Crippen LogP contribution in [0.5, 0.6) is 0 Å². The number of hydrogen-bond donors (Lipinski definition) is 9. The number of carbonyl (C=O) groups is 9. The fourth-order valence-electron chi connectivity index (χ4n) is 7.79. The summed E-state index contributed by atoms with van der Waals surface area (Å²) in [5, 5.41) is 59.5. The Labute approximate surface area is 403 Å². The lowest BCUT2D eigenvalue weighted by Crippen LogP contribution is -2.54. The number of rotatable bonds is 24. The Hall–Kier alpha value is -6.86. The molecular formula is C45H59N9O14S. The smallest absolute Gasteiger partial charge is 0.326 e. The largest absolute Gasteiger partial charge is 0.480 e. The number of anilines is 1. The minimum atomic E-state index is -1.32. The van der Waals surface area contributed by atoms with Crippen molar-refractivity contribution in [2.24, 2.45) is 0 Å². The van der Waals surface area contributed by atoms with Crippen molar-refractivity contribution >= 4 is 76.5 Å². The Morgan fingerprint density at radius 2 is 1.19 bits per heavy atom. The highest BCUT2D eigenvalue weighted by Gasteiger charge is 2.30. The highest BCUT2D eigenvalue weighted by Crippen LogP contribution is 2.17. The molecule has 0 aliphatic carbocycles. The van der Waals surface area contributed by atoms with E-state index >= 15 is 0 Å². The maximum absolute atomic E-state index is 13.5. The van der Waals surface area contributed by atoms with Gasteiger partial charge in [-0.1, -0.05) is 42.5 Å². The van der Waals surface area contributed by atoms with Crippen LogP contribution in [0, 0.1) is 0 Å². The number of carboxylic acid groups (broad SMARTS) is 5. The third kappa shape index (κ3) is 20.1. The Morgan fingerprint density at radius 3 is 1.75 bits per heavy atom. The molecule has 1 saturated heterocycles. The van der Waals surface area contributed by atoms with Crippen LogP contribution in [0.15, 0.2) is 66.7 Å². The lowest BCUT2D eigenvalue weighted by molar-refractivity contribution is -0.142. The number of thiocarbonyl (C=S) groups is 1. The van der Waals surface area contributed by atoms with Gasteiger partial charge in [0.15, 0.2) is 5.11 Å². The maximum Gasteiger partial charge on any atom is 0.326 e. The number of nitrogens with one attached hydrogen (secondary N) is 4. The lowest BCUT2D eigenvalue weighted by Gasteiger charge is -2.37. The molecule has 69 heavy (non-hydrogen) atoms. The molecule has 0 bridgehead atoms. The molecule has 2 aliphatic heterocycles. The number of imide groups is 1. The topological polar surface area (TPSA) is 319 Å². The zero-order chi connectivity index (χ0) is 50.5. The summed E-state index contributed by atoms with van der Waals surface area (Å²) in [6, 6.07) is 12.6. The first kappa shape index (κ1) is 54.7. The van der Waals surface area contributed by atoms with Gasteiger partial charge in [0.05, 0.1) is 32.7 Å². The van der Waals surface area contributed by atoms with E-state index in [1.54, 1.807) is 74.2 Å². The molecule has 0 radical (unpaired) electrons. The zero-order valence-electron chi connectivity index (χ0n) is 37.9. The van der Waals surface area contributed by atoms with Crippen LogP contribution in [-0.2, 0) is 56.0 Å². The number of benzene rings is 2. The predicted octanol–water partition coefficient (Wildman–Crippen LogP) is -1.16. The number of carboxylic acids is 5. The predicted molar refractivity (Wildman–Crippen MR) is 251 cm³/mol. The molecule has 3 atom stereocenters. The van der Waals surface area contributed by atoms with E-state index in [9.17, 15) is 68.7 Å². The SMILES string of the molecule is O=C(O)CN1CCN(CC(=O)O)CCN(CC(=O)O)C(Cc2ccc(NC(=S)NCC(=O)NC(Cc3ccccc3)C(=O)NC(CCCCN3C(=O)C=CC3=O)C(=O)O)cc2)CN(CC(=O)O)CC1. The number of aliphatic carboxylic acids is 5. The van der Waals surface area contributed by atoms with Crippen LogP contribution in [-0.4, -0.2) is 212 Å². The van der Waals surface area contributed by atoms with E-state index in [1.807, 2.05) is 0 Å². The Bertz CT molecular complexity index is 2160. The molecular weight excluding hydrogens is 923 g/mol. The molecule has 2 aliphatic rings. The van der Waals surface area contributed by atoms with Gasteiger partial charge in [0.1, 0.15) is 12.1 Å². The second-order valence-corrected chi connectivity index (χ2v) is 17.0. The third-order valence-electron chi connectivity index (χ3n) is 11.2. The van der Waals surface area contributed by atoms with Crippen LogP contribution in [0.3, 0.4) is 0 Å². The van der Waals surface area contributed by atoms with Gasteiger partial charge < -0.3 is 46.8 Å². The van der Waals surface area contributed by atoms with E-state index in [-0.39, 0.29) is 103 Å². The molecule has 374 valence electrons. The van der Waals surface area contributed by atoms with Crippen molar-refractivity contribution in [1.82, 2.24) is 40.4 Å². The van der Waals surface area contributed by atoms with E-state index < -0.39 is 84.7 Å². The van der Waals surface area contributed by atoms with Crippen LogP contribution in [0.4, 0.5) is 5.69 Å². The summed E-state index contributed by atoms with van der Waals surface area (Å²) in [5.41, 5.74) is 1.93. The minimum Gasteiger partial charge on any atom is -0.480 e. The van der Waals surface area contributed by atoms with Crippen LogP contribution in [0.1, 0.15) is 30.4 Å². The Kier molecular flexibility index (Phi) is 22.1. The summed E-state index contributed by atoms with van der Waals surface area (Å²) in [6.45, 7) is -0.766. The molecule has 24 heteroatoms. The first-order valence-electron chi connectivity index (χ1n) is 22.2. The normalized spacial score (nSPS) is 17.4. The fourth-order valence-corrected chi connectivity index (χ4v) is 7.98. The summed E-state index contributed by atoms with van der Waals surface area (Å²) in [5.74, 6) is -8.05. The van der Waals surface area contributed by atoms with Crippen molar-refractivity contribution in [1.29, 1.82) is 0 Å². The highest BCUT2D eigenvalue weighted by molar-refractivity contribution is 7.80. The summed E-state index contributed by atoms with van der Waals surface area (Å²) >= 11 is 5.43. The van der Waals surface area contributed by atoms with Crippen molar-refractivity contribution < 1.29 is 68.7 Å². The summed E-state index contributed by atoms with van der Waals surface area (Å²) in [4.78, 5) is 117. The second kappa shape index (κ2) is 27.8. The molecule has 23 nitrogen and oxygen atoms in total. The van der Waals surface area contributed by atoms with Crippen LogP contribution >= 0.6 is 12.2 Å². The van der Waals surface area contributed by atoms with Gasteiger partial charge in [-0.25, -0.2) is 4.79 Å². The minimum absolute atomic E-state index is 0.0000748. The lowest BCUT2D eigenvalue weighted by atomic mass is 10.0. The van der Waals surface area contributed by atoms with Gasteiger partial charge in [0, 0.05) is 82.7 Å². The van der Waals surface area contributed by atoms with Gasteiger partial charge >= 0.3 is 29.8 Å². The molecule has 4 rings (SSSR count). The number of unbranched alkanes of at least 4 members (excludes halogenated alkanes) is 1. The first-order chi connectivity index (χ1) is 32.8. The van der Waals surface area contributed by atoms with Crippen LogP contribution < -0.4 is 21.3 Å². The van der Waals surface area contributed by atoms with Crippen LogP contribution in [0.25, 0.3) is 0 Å². The van der Waals surface area contributed by atoms with E-state index in [1.165, 1.54) is 0 Å². The highest BCUT2D eigenvalue weighted by atomic mass is 32.1. The van der Waals surface area contributed by atoms with E-state index in [2.05, 4.69) is 21.3 Å². The van der Waals surface area contributed by atoms with Gasteiger partial charge in [-0.2, -0.15) is 0 Å². The molecule has 1 fully saturated rings. The Morgan fingerprint density at radius 1 is 0.638 bits per heavy atom. The van der Waals surface area contributed by atoms with Gasteiger partial charge in [-0.3, -0.25) is 62.9 Å². The molecule has 2 heterocycles. The molecule has 3 unspecified atom stereocenters. The average molecular weight is 982 g/mol. The monoisotopic (exact) mass is 981 g/mol. The van der Waals surface area contributed by atoms with Gasteiger partial charge in [-0.05, 0) is 61.2 Å². The average Bonchev–Trinajstić information content (AvgIpc) is 3.60. The molecule has 2 aromatic rings. The molecule has 0 saturated carbocycles. The third-order valence-corrected chi connectivity index (χ3v) is 11.5.